The number of carbonyl (C=O) groups excluding carboxylic acids is 2. The quantitative estimate of drug-likeness (QED) is 0.899. The third-order valence-electron chi connectivity index (χ3n) is 4.18. The predicted octanol–water partition coefficient (Wildman–Crippen LogP) is 1.61. The number of likely N-dealkylation sites (tertiary alicyclic amines) is 1. The van der Waals surface area contributed by atoms with Crippen LogP contribution in [0.2, 0.25) is 0 Å². The fraction of sp³-hybridized carbons (Fsp3) is 0.529. The standard InChI is InChI=1S/C17H24N2O3/c1-13(20)19-11-8-15(9-12-19)17(21)18-10-7-14-3-5-16(22-2)6-4-14/h3-6,15H,7-12H2,1-2H3,(H,18,21). The number of piperidine rings is 1. The summed E-state index contributed by atoms with van der Waals surface area (Å²) in [5.74, 6) is 1.08. The van der Waals surface area contributed by atoms with Gasteiger partial charge >= 0.3 is 0 Å². The van der Waals surface area contributed by atoms with Crippen LogP contribution in [0.5, 0.6) is 5.75 Å². The number of benzene rings is 1. The van der Waals surface area contributed by atoms with Crippen molar-refractivity contribution in [3.8, 4) is 5.75 Å². The van der Waals surface area contributed by atoms with Gasteiger partial charge in [0.1, 0.15) is 5.75 Å². The summed E-state index contributed by atoms with van der Waals surface area (Å²) >= 11 is 0. The molecule has 2 amide bonds. The Bertz CT molecular complexity index is 505. The third-order valence-corrected chi connectivity index (χ3v) is 4.18. The van der Waals surface area contributed by atoms with Gasteiger partial charge in [-0.1, -0.05) is 12.1 Å². The smallest absolute Gasteiger partial charge is 0.223 e. The van der Waals surface area contributed by atoms with Crippen LogP contribution in [-0.4, -0.2) is 43.5 Å². The van der Waals surface area contributed by atoms with E-state index in [-0.39, 0.29) is 17.7 Å². The minimum atomic E-state index is 0.0338. The van der Waals surface area contributed by atoms with Crippen LogP contribution in [0, 0.1) is 5.92 Å². The van der Waals surface area contributed by atoms with Crippen molar-refractivity contribution in [1.29, 1.82) is 0 Å². The van der Waals surface area contributed by atoms with E-state index in [1.165, 1.54) is 5.56 Å². The second-order valence-corrected chi connectivity index (χ2v) is 5.67. The SMILES string of the molecule is COc1ccc(CCNC(=O)C2CCN(C(C)=O)CC2)cc1. The molecule has 0 aromatic heterocycles. The van der Waals surface area contributed by atoms with Gasteiger partial charge in [0.2, 0.25) is 11.8 Å². The fourth-order valence-electron chi connectivity index (χ4n) is 2.72. The maximum absolute atomic E-state index is 12.1. The molecule has 0 atom stereocenters. The predicted molar refractivity (Wildman–Crippen MR) is 84.7 cm³/mol. The van der Waals surface area contributed by atoms with E-state index in [0.717, 1.165) is 25.0 Å². The molecule has 1 aliphatic heterocycles. The van der Waals surface area contributed by atoms with E-state index < -0.39 is 0 Å². The Kier molecular flexibility index (Phi) is 5.81. The number of amides is 2. The molecular formula is C17H24N2O3. The van der Waals surface area contributed by atoms with E-state index >= 15 is 0 Å². The third kappa shape index (κ3) is 4.48. The molecule has 0 bridgehead atoms. The van der Waals surface area contributed by atoms with Gasteiger partial charge in [0.05, 0.1) is 7.11 Å². The zero-order valence-electron chi connectivity index (χ0n) is 13.3. The molecule has 5 nitrogen and oxygen atoms in total. The molecule has 0 spiro atoms. The lowest BCUT2D eigenvalue weighted by molar-refractivity contribution is -0.133. The molecule has 1 N–H and O–H groups in total. The highest BCUT2D eigenvalue weighted by Crippen LogP contribution is 2.17. The van der Waals surface area contributed by atoms with Crippen LogP contribution in [-0.2, 0) is 16.0 Å². The van der Waals surface area contributed by atoms with Crippen LogP contribution in [0.25, 0.3) is 0 Å². The zero-order valence-corrected chi connectivity index (χ0v) is 13.3. The van der Waals surface area contributed by atoms with Crippen LogP contribution in [0.4, 0.5) is 0 Å². The van der Waals surface area contributed by atoms with E-state index in [1.807, 2.05) is 24.3 Å². The lowest BCUT2D eigenvalue weighted by Gasteiger charge is -2.30. The number of ether oxygens (including phenoxy) is 1. The highest BCUT2D eigenvalue weighted by atomic mass is 16.5. The normalized spacial score (nSPS) is 15.5. The second-order valence-electron chi connectivity index (χ2n) is 5.67. The Balaban J connectivity index is 1.70. The van der Waals surface area contributed by atoms with Gasteiger partial charge in [-0.05, 0) is 37.0 Å². The van der Waals surface area contributed by atoms with E-state index in [2.05, 4.69) is 5.32 Å². The molecule has 1 aromatic rings. The van der Waals surface area contributed by atoms with Gasteiger partial charge < -0.3 is 15.0 Å². The summed E-state index contributed by atoms with van der Waals surface area (Å²) in [5, 5.41) is 3.00. The van der Waals surface area contributed by atoms with Gasteiger partial charge in [0.15, 0.2) is 0 Å². The van der Waals surface area contributed by atoms with E-state index in [9.17, 15) is 9.59 Å². The molecule has 5 heteroatoms. The molecule has 0 unspecified atom stereocenters. The fourth-order valence-corrected chi connectivity index (χ4v) is 2.72. The molecular weight excluding hydrogens is 280 g/mol. The Morgan fingerprint density at radius 3 is 2.41 bits per heavy atom. The summed E-state index contributed by atoms with van der Waals surface area (Å²) < 4.78 is 5.12. The first-order valence-electron chi connectivity index (χ1n) is 7.76. The van der Waals surface area contributed by atoms with Crippen LogP contribution >= 0.6 is 0 Å². The lowest BCUT2D eigenvalue weighted by Crippen LogP contribution is -2.42. The van der Waals surface area contributed by atoms with Gasteiger partial charge in [0, 0.05) is 32.5 Å². The van der Waals surface area contributed by atoms with Gasteiger partial charge in [0.25, 0.3) is 0 Å². The van der Waals surface area contributed by atoms with Crippen molar-refractivity contribution in [2.45, 2.75) is 26.2 Å². The Hall–Kier alpha value is -2.04. The maximum Gasteiger partial charge on any atom is 0.223 e. The number of hydrogen-bond donors (Lipinski definition) is 1. The molecule has 0 saturated carbocycles. The van der Waals surface area contributed by atoms with Crippen LogP contribution < -0.4 is 10.1 Å². The van der Waals surface area contributed by atoms with Gasteiger partial charge in [-0.25, -0.2) is 0 Å². The number of hydrogen-bond acceptors (Lipinski definition) is 3. The van der Waals surface area contributed by atoms with Crippen LogP contribution in [0.1, 0.15) is 25.3 Å². The zero-order chi connectivity index (χ0) is 15.9. The van der Waals surface area contributed by atoms with Gasteiger partial charge in [-0.15, -0.1) is 0 Å². The van der Waals surface area contributed by atoms with Crippen molar-refractivity contribution in [1.82, 2.24) is 10.2 Å². The number of carbonyl (C=O) groups is 2. The number of nitrogens with one attached hydrogen (secondary N) is 1. The van der Waals surface area contributed by atoms with E-state index in [0.29, 0.717) is 19.6 Å². The van der Waals surface area contributed by atoms with Gasteiger partial charge in [-0.3, -0.25) is 9.59 Å². The number of rotatable bonds is 5. The minimum Gasteiger partial charge on any atom is -0.497 e. The topological polar surface area (TPSA) is 58.6 Å². The second kappa shape index (κ2) is 7.82. The summed E-state index contributed by atoms with van der Waals surface area (Å²) in [6.45, 7) is 3.59. The largest absolute Gasteiger partial charge is 0.497 e. The Morgan fingerprint density at radius 2 is 1.86 bits per heavy atom. The monoisotopic (exact) mass is 304 g/mol. The molecule has 22 heavy (non-hydrogen) atoms. The Labute approximate surface area is 131 Å². The first-order valence-corrected chi connectivity index (χ1v) is 7.76. The highest BCUT2D eigenvalue weighted by Gasteiger charge is 2.25. The minimum absolute atomic E-state index is 0.0338. The van der Waals surface area contributed by atoms with Crippen LogP contribution in [0.3, 0.4) is 0 Å². The van der Waals surface area contributed by atoms with E-state index in [4.69, 9.17) is 4.74 Å². The summed E-state index contributed by atoms with van der Waals surface area (Å²) in [7, 11) is 1.65. The van der Waals surface area contributed by atoms with Crippen molar-refractivity contribution >= 4 is 11.8 Å². The van der Waals surface area contributed by atoms with Crippen molar-refractivity contribution < 1.29 is 14.3 Å². The molecule has 1 aliphatic rings. The van der Waals surface area contributed by atoms with Crippen LogP contribution in [0.15, 0.2) is 24.3 Å². The molecule has 0 radical (unpaired) electrons. The van der Waals surface area contributed by atoms with Crippen molar-refractivity contribution in [3.05, 3.63) is 29.8 Å². The maximum atomic E-state index is 12.1. The van der Waals surface area contributed by atoms with Crippen molar-refractivity contribution in [3.63, 3.8) is 0 Å². The van der Waals surface area contributed by atoms with Crippen molar-refractivity contribution in [2.75, 3.05) is 26.7 Å². The molecule has 2 rings (SSSR count). The number of methoxy groups -OCH3 is 1. The summed E-state index contributed by atoms with van der Waals surface area (Å²) in [6, 6.07) is 7.87. The first-order chi connectivity index (χ1) is 10.6. The molecule has 1 fully saturated rings. The molecule has 0 aliphatic carbocycles. The first kappa shape index (κ1) is 16.3. The number of nitrogens with zero attached hydrogens (tertiary/aromatic N) is 1. The highest BCUT2D eigenvalue weighted by molar-refractivity contribution is 5.79. The summed E-state index contributed by atoms with van der Waals surface area (Å²) in [5.41, 5.74) is 1.17. The summed E-state index contributed by atoms with van der Waals surface area (Å²) in [4.78, 5) is 25.2. The van der Waals surface area contributed by atoms with E-state index in [1.54, 1.807) is 18.9 Å². The summed E-state index contributed by atoms with van der Waals surface area (Å²) in [6.07, 6.45) is 2.32. The van der Waals surface area contributed by atoms with Gasteiger partial charge in [-0.2, -0.15) is 0 Å². The molecule has 120 valence electrons. The van der Waals surface area contributed by atoms with Crippen molar-refractivity contribution in [2.24, 2.45) is 5.92 Å². The average molecular weight is 304 g/mol. The average Bonchev–Trinajstić information content (AvgIpc) is 2.55. The lowest BCUT2D eigenvalue weighted by atomic mass is 9.96. The Morgan fingerprint density at radius 1 is 1.23 bits per heavy atom. The molecule has 1 saturated heterocycles. The molecule has 1 aromatic carbocycles. The molecule has 1 heterocycles.